The molecule has 3 unspecified atom stereocenters. The number of hydrogen-bond donors (Lipinski definition) is 2. The first-order valence-electron chi connectivity index (χ1n) is 6.66. The molecule has 0 aliphatic heterocycles. The lowest BCUT2D eigenvalue weighted by molar-refractivity contribution is 0.0993. The van der Waals surface area contributed by atoms with Crippen molar-refractivity contribution >= 4 is 0 Å². The van der Waals surface area contributed by atoms with Crippen molar-refractivity contribution in [2.24, 2.45) is 11.8 Å². The molecule has 0 amide bonds. The highest BCUT2D eigenvalue weighted by atomic mass is 16.3. The van der Waals surface area contributed by atoms with Gasteiger partial charge in [0.1, 0.15) is 0 Å². The lowest BCUT2D eigenvalue weighted by Crippen LogP contribution is -2.28. The molecule has 1 aliphatic carbocycles. The van der Waals surface area contributed by atoms with Gasteiger partial charge in [-0.3, -0.25) is 0 Å². The minimum absolute atomic E-state index is 0.155. The van der Waals surface area contributed by atoms with Gasteiger partial charge in [-0.25, -0.2) is 0 Å². The Morgan fingerprint density at radius 3 is 2.88 bits per heavy atom. The molecule has 0 aromatic rings. The Hall–Kier alpha value is -0.600. The zero-order valence-corrected chi connectivity index (χ0v) is 11.3. The maximum Gasteiger partial charge on any atom is 0.0754 e. The first-order valence-corrected chi connectivity index (χ1v) is 6.66. The number of aliphatic hydroxyl groups excluding tert-OH is 2. The van der Waals surface area contributed by atoms with E-state index < -0.39 is 0 Å². The zero-order chi connectivity index (χ0) is 12.8. The van der Waals surface area contributed by atoms with Crippen LogP contribution in [-0.2, 0) is 0 Å². The quantitative estimate of drug-likeness (QED) is 0.723. The highest BCUT2D eigenvalue weighted by molar-refractivity contribution is 5.08. The number of hydrogen-bond acceptors (Lipinski definition) is 2. The molecule has 1 aliphatic rings. The molecule has 98 valence electrons. The summed E-state index contributed by atoms with van der Waals surface area (Å²) >= 11 is 0. The van der Waals surface area contributed by atoms with Crippen LogP contribution in [-0.4, -0.2) is 22.9 Å². The molecule has 2 nitrogen and oxygen atoms in total. The van der Waals surface area contributed by atoms with E-state index in [0.29, 0.717) is 11.8 Å². The molecule has 0 aromatic carbocycles. The lowest BCUT2D eigenvalue weighted by Gasteiger charge is -2.30. The predicted octanol–water partition coefficient (Wildman–Crippen LogP) is 3.06. The van der Waals surface area contributed by atoms with E-state index in [1.807, 2.05) is 13.0 Å². The summed E-state index contributed by atoms with van der Waals surface area (Å²) in [4.78, 5) is 0. The molecule has 0 saturated heterocycles. The Morgan fingerprint density at radius 2 is 2.29 bits per heavy atom. The van der Waals surface area contributed by atoms with Gasteiger partial charge in [-0.2, -0.15) is 0 Å². The van der Waals surface area contributed by atoms with E-state index in [2.05, 4.69) is 19.9 Å². The van der Waals surface area contributed by atoms with Crippen molar-refractivity contribution in [3.8, 4) is 0 Å². The van der Waals surface area contributed by atoms with Crippen LogP contribution in [0.1, 0.15) is 46.5 Å². The van der Waals surface area contributed by atoms with Crippen LogP contribution < -0.4 is 0 Å². The van der Waals surface area contributed by atoms with Gasteiger partial charge in [0, 0.05) is 0 Å². The summed E-state index contributed by atoms with van der Waals surface area (Å²) < 4.78 is 0. The van der Waals surface area contributed by atoms with Gasteiger partial charge >= 0.3 is 0 Å². The molecule has 0 radical (unpaired) electrons. The molecule has 0 heterocycles. The Balaban J connectivity index is 2.40. The summed E-state index contributed by atoms with van der Waals surface area (Å²) in [6.45, 7) is 6.43. The van der Waals surface area contributed by atoms with Crippen molar-refractivity contribution in [1.82, 2.24) is 0 Å². The largest absolute Gasteiger partial charge is 0.392 e. The summed E-state index contributed by atoms with van der Waals surface area (Å²) in [5.41, 5.74) is 2.36. The van der Waals surface area contributed by atoms with Crippen molar-refractivity contribution in [2.75, 3.05) is 6.61 Å². The molecule has 3 atom stereocenters. The van der Waals surface area contributed by atoms with Crippen LogP contribution in [0.15, 0.2) is 23.3 Å². The first kappa shape index (κ1) is 14.5. The molecule has 0 aromatic heterocycles. The summed E-state index contributed by atoms with van der Waals surface area (Å²) in [5, 5.41) is 18.9. The maximum absolute atomic E-state index is 10.0. The fraction of sp³-hybridized carbons (Fsp3) is 0.733. The molecule has 0 fully saturated rings. The lowest BCUT2D eigenvalue weighted by atomic mass is 9.78. The van der Waals surface area contributed by atoms with Gasteiger partial charge in [-0.05, 0) is 51.4 Å². The van der Waals surface area contributed by atoms with Gasteiger partial charge in [-0.1, -0.05) is 30.2 Å². The molecule has 0 spiro atoms. The van der Waals surface area contributed by atoms with E-state index in [0.717, 1.165) is 31.3 Å². The van der Waals surface area contributed by atoms with E-state index in [9.17, 15) is 5.11 Å². The molecule has 0 saturated carbocycles. The highest BCUT2D eigenvalue weighted by Gasteiger charge is 2.26. The fourth-order valence-corrected chi connectivity index (χ4v) is 2.56. The number of allylic oxidation sites excluding steroid dienone is 2. The van der Waals surface area contributed by atoms with E-state index in [1.165, 1.54) is 5.57 Å². The molecule has 0 bridgehead atoms. The third-order valence-corrected chi connectivity index (χ3v) is 3.86. The molecule has 1 rings (SSSR count). The predicted molar refractivity (Wildman–Crippen MR) is 71.7 cm³/mol. The van der Waals surface area contributed by atoms with Gasteiger partial charge < -0.3 is 10.2 Å². The zero-order valence-electron chi connectivity index (χ0n) is 11.3. The van der Waals surface area contributed by atoms with Crippen molar-refractivity contribution in [3.63, 3.8) is 0 Å². The van der Waals surface area contributed by atoms with E-state index in [-0.39, 0.29) is 12.7 Å². The van der Waals surface area contributed by atoms with Crippen LogP contribution in [0.4, 0.5) is 0 Å². The van der Waals surface area contributed by atoms with Crippen molar-refractivity contribution in [2.45, 2.75) is 52.6 Å². The standard InChI is InChI=1S/C15H26O2/c1-11-7-8-14(15(17)9-11)13(3)6-4-5-12(2)10-16/h5,9,13-17H,4,6-8,10H2,1-3H3/b12-5+. The minimum atomic E-state index is -0.262. The SMILES string of the molecule is CC1=CC(O)C(C(C)CC/C=C(\C)CO)CC1. The van der Waals surface area contributed by atoms with Gasteiger partial charge in [-0.15, -0.1) is 0 Å². The van der Waals surface area contributed by atoms with E-state index in [4.69, 9.17) is 5.11 Å². The molecule has 2 heteroatoms. The van der Waals surface area contributed by atoms with Crippen molar-refractivity contribution in [3.05, 3.63) is 23.3 Å². The van der Waals surface area contributed by atoms with E-state index >= 15 is 0 Å². The average Bonchev–Trinajstić information content (AvgIpc) is 2.28. The van der Waals surface area contributed by atoms with Crippen molar-refractivity contribution in [1.29, 1.82) is 0 Å². The molecular weight excluding hydrogens is 212 g/mol. The van der Waals surface area contributed by atoms with Gasteiger partial charge in [0.15, 0.2) is 0 Å². The monoisotopic (exact) mass is 238 g/mol. The van der Waals surface area contributed by atoms with Crippen LogP contribution in [0.2, 0.25) is 0 Å². The molecular formula is C15H26O2. The number of aliphatic hydroxyl groups is 2. The smallest absolute Gasteiger partial charge is 0.0754 e. The average molecular weight is 238 g/mol. The Bertz CT molecular complexity index is 291. The summed E-state index contributed by atoms with van der Waals surface area (Å²) in [5.74, 6) is 0.943. The second kappa shape index (κ2) is 6.97. The fourth-order valence-electron chi connectivity index (χ4n) is 2.56. The Kier molecular flexibility index (Phi) is 5.93. The minimum Gasteiger partial charge on any atom is -0.392 e. The van der Waals surface area contributed by atoms with E-state index in [1.54, 1.807) is 0 Å². The van der Waals surface area contributed by atoms with Crippen LogP contribution >= 0.6 is 0 Å². The van der Waals surface area contributed by atoms with Crippen LogP contribution in [0, 0.1) is 11.8 Å². The van der Waals surface area contributed by atoms with Crippen LogP contribution in [0.25, 0.3) is 0 Å². The highest BCUT2D eigenvalue weighted by Crippen LogP contribution is 2.31. The van der Waals surface area contributed by atoms with Gasteiger partial charge in [0.25, 0.3) is 0 Å². The normalized spacial score (nSPS) is 27.8. The second-order valence-electron chi connectivity index (χ2n) is 5.47. The summed E-state index contributed by atoms with van der Waals surface area (Å²) in [7, 11) is 0. The van der Waals surface area contributed by atoms with Crippen LogP contribution in [0.5, 0.6) is 0 Å². The Labute approximate surface area is 105 Å². The Morgan fingerprint density at radius 1 is 1.59 bits per heavy atom. The second-order valence-corrected chi connectivity index (χ2v) is 5.47. The van der Waals surface area contributed by atoms with Gasteiger partial charge in [0.05, 0.1) is 12.7 Å². The molecule has 2 N–H and O–H groups in total. The van der Waals surface area contributed by atoms with Crippen molar-refractivity contribution < 1.29 is 10.2 Å². The molecule has 17 heavy (non-hydrogen) atoms. The van der Waals surface area contributed by atoms with Crippen LogP contribution in [0.3, 0.4) is 0 Å². The maximum atomic E-state index is 10.0. The topological polar surface area (TPSA) is 40.5 Å². The number of rotatable bonds is 5. The third kappa shape index (κ3) is 4.64. The summed E-state index contributed by atoms with van der Waals surface area (Å²) in [6, 6.07) is 0. The third-order valence-electron chi connectivity index (χ3n) is 3.86. The first-order chi connectivity index (χ1) is 8.04. The summed E-state index contributed by atoms with van der Waals surface area (Å²) in [6.07, 6.45) is 8.17. The van der Waals surface area contributed by atoms with Gasteiger partial charge in [0.2, 0.25) is 0 Å².